The van der Waals surface area contributed by atoms with Crippen molar-refractivity contribution in [1.82, 2.24) is 0 Å². The Labute approximate surface area is 103 Å². The predicted molar refractivity (Wildman–Crippen MR) is 70.6 cm³/mol. The van der Waals surface area contributed by atoms with Gasteiger partial charge >= 0.3 is 0 Å². The summed E-state index contributed by atoms with van der Waals surface area (Å²) < 4.78 is 5.32. The molecule has 0 amide bonds. The van der Waals surface area contributed by atoms with Crippen molar-refractivity contribution in [2.45, 2.75) is 20.8 Å². The quantitative estimate of drug-likeness (QED) is 0.746. The van der Waals surface area contributed by atoms with Crippen molar-refractivity contribution in [3.8, 4) is 0 Å². The lowest BCUT2D eigenvalue weighted by Gasteiger charge is -2.30. The molecule has 1 fully saturated rings. The standard InChI is InChI=1S/C11H14ClNO.C2H6/c1-9-2-3-10(12)8-11(9)13-4-6-14-7-5-13;1-2/h2-3,8H,4-7H2,1H3;1-2H3. The zero-order valence-electron chi connectivity index (χ0n) is 10.3. The Hall–Kier alpha value is -0.730. The van der Waals surface area contributed by atoms with Gasteiger partial charge in [-0.3, -0.25) is 0 Å². The van der Waals surface area contributed by atoms with Crippen LogP contribution in [0.1, 0.15) is 19.4 Å². The molecular formula is C13H20ClNO. The molecule has 0 unspecified atom stereocenters. The maximum Gasteiger partial charge on any atom is 0.0642 e. The van der Waals surface area contributed by atoms with E-state index < -0.39 is 0 Å². The summed E-state index contributed by atoms with van der Waals surface area (Å²) in [6, 6.07) is 6.02. The van der Waals surface area contributed by atoms with Crippen molar-refractivity contribution >= 4 is 17.3 Å². The van der Waals surface area contributed by atoms with E-state index in [1.807, 2.05) is 26.0 Å². The fourth-order valence-corrected chi connectivity index (χ4v) is 1.89. The van der Waals surface area contributed by atoms with E-state index >= 15 is 0 Å². The fourth-order valence-electron chi connectivity index (χ4n) is 1.73. The topological polar surface area (TPSA) is 12.5 Å². The summed E-state index contributed by atoms with van der Waals surface area (Å²) in [5.41, 5.74) is 2.51. The molecule has 0 aromatic heterocycles. The number of morpholine rings is 1. The van der Waals surface area contributed by atoms with Crippen LogP contribution < -0.4 is 4.90 Å². The number of hydrogen-bond acceptors (Lipinski definition) is 2. The summed E-state index contributed by atoms with van der Waals surface area (Å²) in [5.74, 6) is 0. The van der Waals surface area contributed by atoms with Crippen LogP contribution in [0.2, 0.25) is 5.02 Å². The maximum atomic E-state index is 5.98. The molecule has 0 spiro atoms. The number of anilines is 1. The van der Waals surface area contributed by atoms with Gasteiger partial charge in [-0.05, 0) is 24.6 Å². The molecule has 1 aromatic rings. The predicted octanol–water partition coefficient (Wildman–Crippen LogP) is 3.51. The summed E-state index contributed by atoms with van der Waals surface area (Å²) in [6.07, 6.45) is 0. The van der Waals surface area contributed by atoms with Gasteiger partial charge in [0, 0.05) is 23.8 Å². The SMILES string of the molecule is CC.Cc1ccc(Cl)cc1N1CCOCC1. The zero-order chi connectivity index (χ0) is 12.0. The van der Waals surface area contributed by atoms with Crippen LogP contribution in [-0.4, -0.2) is 26.3 Å². The molecule has 1 aliphatic heterocycles. The zero-order valence-corrected chi connectivity index (χ0v) is 11.0. The van der Waals surface area contributed by atoms with Crippen LogP contribution in [0.25, 0.3) is 0 Å². The number of nitrogens with zero attached hydrogens (tertiary/aromatic N) is 1. The first-order chi connectivity index (χ1) is 7.77. The van der Waals surface area contributed by atoms with E-state index in [0.717, 1.165) is 31.3 Å². The lowest BCUT2D eigenvalue weighted by molar-refractivity contribution is 0.122. The number of halogens is 1. The number of aryl methyl sites for hydroxylation is 1. The molecular weight excluding hydrogens is 222 g/mol. The summed E-state index contributed by atoms with van der Waals surface area (Å²) in [4.78, 5) is 2.32. The lowest BCUT2D eigenvalue weighted by atomic mass is 10.1. The van der Waals surface area contributed by atoms with Crippen LogP contribution in [0.4, 0.5) is 5.69 Å². The Morgan fingerprint density at radius 2 is 1.81 bits per heavy atom. The minimum absolute atomic E-state index is 0.803. The van der Waals surface area contributed by atoms with Crippen LogP contribution in [0.15, 0.2) is 18.2 Å². The van der Waals surface area contributed by atoms with Crippen molar-refractivity contribution in [1.29, 1.82) is 0 Å². The second-order valence-corrected chi connectivity index (χ2v) is 3.97. The van der Waals surface area contributed by atoms with Crippen LogP contribution in [0.3, 0.4) is 0 Å². The Bertz CT molecular complexity index is 322. The third-order valence-electron chi connectivity index (χ3n) is 2.52. The molecule has 0 saturated carbocycles. The second-order valence-electron chi connectivity index (χ2n) is 3.53. The summed E-state index contributed by atoms with van der Waals surface area (Å²) in [6.45, 7) is 9.65. The first kappa shape index (κ1) is 13.3. The molecule has 0 bridgehead atoms. The van der Waals surface area contributed by atoms with Crippen LogP contribution >= 0.6 is 11.6 Å². The molecule has 1 heterocycles. The molecule has 0 atom stereocenters. The average molecular weight is 242 g/mol. The Morgan fingerprint density at radius 1 is 1.19 bits per heavy atom. The van der Waals surface area contributed by atoms with Gasteiger partial charge in [-0.15, -0.1) is 0 Å². The number of rotatable bonds is 1. The summed E-state index contributed by atoms with van der Waals surface area (Å²) >= 11 is 5.98. The molecule has 2 nitrogen and oxygen atoms in total. The second kappa shape index (κ2) is 6.77. The maximum absolute atomic E-state index is 5.98. The van der Waals surface area contributed by atoms with E-state index in [-0.39, 0.29) is 0 Å². The minimum Gasteiger partial charge on any atom is -0.378 e. The lowest BCUT2D eigenvalue weighted by Crippen LogP contribution is -2.36. The molecule has 0 N–H and O–H groups in total. The smallest absolute Gasteiger partial charge is 0.0642 e. The normalized spacial score (nSPS) is 15.4. The van der Waals surface area contributed by atoms with Crippen molar-refractivity contribution in [2.75, 3.05) is 31.2 Å². The molecule has 0 aliphatic carbocycles. The van der Waals surface area contributed by atoms with Gasteiger partial charge in [0.05, 0.1) is 13.2 Å². The van der Waals surface area contributed by atoms with Gasteiger partial charge in [0.1, 0.15) is 0 Å². The molecule has 2 rings (SSSR count). The molecule has 1 aromatic carbocycles. The van der Waals surface area contributed by atoms with Gasteiger partial charge in [0.2, 0.25) is 0 Å². The Morgan fingerprint density at radius 3 is 2.44 bits per heavy atom. The third kappa shape index (κ3) is 3.39. The monoisotopic (exact) mass is 241 g/mol. The van der Waals surface area contributed by atoms with Crippen molar-refractivity contribution in [2.24, 2.45) is 0 Å². The summed E-state index contributed by atoms with van der Waals surface area (Å²) in [5, 5.41) is 0.803. The van der Waals surface area contributed by atoms with Crippen molar-refractivity contribution in [3.05, 3.63) is 28.8 Å². The molecule has 90 valence electrons. The van der Waals surface area contributed by atoms with Crippen LogP contribution in [0.5, 0.6) is 0 Å². The highest BCUT2D eigenvalue weighted by atomic mass is 35.5. The number of ether oxygens (including phenoxy) is 1. The molecule has 1 aliphatic rings. The Kier molecular flexibility index (Phi) is 5.64. The molecule has 16 heavy (non-hydrogen) atoms. The summed E-state index contributed by atoms with van der Waals surface area (Å²) in [7, 11) is 0. The first-order valence-corrected chi connectivity index (χ1v) is 6.24. The highest BCUT2D eigenvalue weighted by Crippen LogP contribution is 2.24. The van der Waals surface area contributed by atoms with Crippen LogP contribution in [0, 0.1) is 6.92 Å². The minimum atomic E-state index is 0.803. The Balaban J connectivity index is 0.000000606. The average Bonchev–Trinajstić information content (AvgIpc) is 2.36. The van der Waals surface area contributed by atoms with Crippen molar-refractivity contribution < 1.29 is 4.74 Å². The van der Waals surface area contributed by atoms with Gasteiger partial charge in [-0.2, -0.15) is 0 Å². The van der Waals surface area contributed by atoms with E-state index in [2.05, 4.69) is 17.9 Å². The number of hydrogen-bond donors (Lipinski definition) is 0. The van der Waals surface area contributed by atoms with Gasteiger partial charge in [-0.25, -0.2) is 0 Å². The van der Waals surface area contributed by atoms with E-state index in [9.17, 15) is 0 Å². The largest absolute Gasteiger partial charge is 0.378 e. The molecule has 0 radical (unpaired) electrons. The van der Waals surface area contributed by atoms with Gasteiger partial charge in [-0.1, -0.05) is 31.5 Å². The highest BCUT2D eigenvalue weighted by Gasteiger charge is 2.13. The van der Waals surface area contributed by atoms with Crippen molar-refractivity contribution in [3.63, 3.8) is 0 Å². The van der Waals surface area contributed by atoms with Crippen LogP contribution in [-0.2, 0) is 4.74 Å². The first-order valence-electron chi connectivity index (χ1n) is 5.86. The van der Waals surface area contributed by atoms with E-state index in [4.69, 9.17) is 16.3 Å². The molecule has 3 heteroatoms. The molecule has 1 saturated heterocycles. The van der Waals surface area contributed by atoms with Gasteiger partial charge in [0.25, 0.3) is 0 Å². The van der Waals surface area contributed by atoms with E-state index in [1.165, 1.54) is 11.3 Å². The highest BCUT2D eigenvalue weighted by molar-refractivity contribution is 6.30. The van der Waals surface area contributed by atoms with E-state index in [0.29, 0.717) is 0 Å². The third-order valence-corrected chi connectivity index (χ3v) is 2.76. The van der Waals surface area contributed by atoms with Gasteiger partial charge < -0.3 is 9.64 Å². The van der Waals surface area contributed by atoms with E-state index in [1.54, 1.807) is 0 Å². The number of benzene rings is 1. The van der Waals surface area contributed by atoms with Gasteiger partial charge in [0.15, 0.2) is 0 Å². The fraction of sp³-hybridized carbons (Fsp3) is 0.538.